The zero-order valence-corrected chi connectivity index (χ0v) is 13.7. The summed E-state index contributed by atoms with van der Waals surface area (Å²) in [4.78, 5) is 12.4. The molecule has 20 heavy (non-hydrogen) atoms. The SMILES string of the molecule is CCC1CCNC(C(=O)N[C@H](C)c2ccccc2Br)C1. The lowest BCUT2D eigenvalue weighted by Gasteiger charge is -2.30. The van der Waals surface area contributed by atoms with Gasteiger partial charge in [0.2, 0.25) is 5.91 Å². The number of piperidine rings is 1. The highest BCUT2D eigenvalue weighted by Crippen LogP contribution is 2.24. The summed E-state index contributed by atoms with van der Waals surface area (Å²) in [5, 5.41) is 6.45. The average molecular weight is 339 g/mol. The van der Waals surface area contributed by atoms with E-state index in [0.29, 0.717) is 5.92 Å². The van der Waals surface area contributed by atoms with E-state index in [0.717, 1.165) is 29.4 Å². The normalized spacial score (nSPS) is 24.1. The van der Waals surface area contributed by atoms with Gasteiger partial charge >= 0.3 is 0 Å². The van der Waals surface area contributed by atoms with Gasteiger partial charge in [-0.05, 0) is 43.9 Å². The summed E-state index contributed by atoms with van der Waals surface area (Å²) in [6.45, 7) is 5.17. The van der Waals surface area contributed by atoms with Crippen molar-refractivity contribution in [3.63, 3.8) is 0 Å². The third kappa shape index (κ3) is 3.83. The first-order valence-corrected chi connectivity index (χ1v) is 8.19. The van der Waals surface area contributed by atoms with Crippen LogP contribution in [0.3, 0.4) is 0 Å². The van der Waals surface area contributed by atoms with E-state index < -0.39 is 0 Å². The molecule has 0 radical (unpaired) electrons. The van der Waals surface area contributed by atoms with Gasteiger partial charge in [-0.2, -0.15) is 0 Å². The molecule has 0 saturated carbocycles. The molecule has 2 unspecified atom stereocenters. The molecule has 1 fully saturated rings. The highest BCUT2D eigenvalue weighted by atomic mass is 79.9. The maximum atomic E-state index is 12.4. The number of nitrogens with one attached hydrogen (secondary N) is 2. The Labute approximate surface area is 129 Å². The second-order valence-electron chi connectivity index (χ2n) is 5.56. The molecule has 0 bridgehead atoms. The Bertz CT molecular complexity index is 464. The summed E-state index contributed by atoms with van der Waals surface area (Å²) in [5.41, 5.74) is 1.11. The molecule has 3 nitrogen and oxygen atoms in total. The predicted molar refractivity (Wildman–Crippen MR) is 85.5 cm³/mol. The third-order valence-electron chi connectivity index (χ3n) is 4.14. The smallest absolute Gasteiger partial charge is 0.237 e. The van der Waals surface area contributed by atoms with Crippen molar-refractivity contribution in [1.29, 1.82) is 0 Å². The third-order valence-corrected chi connectivity index (χ3v) is 4.86. The van der Waals surface area contributed by atoms with Crippen LogP contribution in [0.25, 0.3) is 0 Å². The number of hydrogen-bond acceptors (Lipinski definition) is 2. The van der Waals surface area contributed by atoms with E-state index in [4.69, 9.17) is 0 Å². The molecular weight excluding hydrogens is 316 g/mol. The summed E-state index contributed by atoms with van der Waals surface area (Å²) in [5.74, 6) is 0.789. The average Bonchev–Trinajstić information content (AvgIpc) is 2.47. The number of carbonyl (C=O) groups excluding carboxylic acids is 1. The maximum absolute atomic E-state index is 12.4. The van der Waals surface area contributed by atoms with Crippen molar-refractivity contribution in [3.05, 3.63) is 34.3 Å². The highest BCUT2D eigenvalue weighted by molar-refractivity contribution is 9.10. The van der Waals surface area contributed by atoms with Crippen LogP contribution in [0.4, 0.5) is 0 Å². The Balaban J connectivity index is 1.95. The highest BCUT2D eigenvalue weighted by Gasteiger charge is 2.26. The summed E-state index contributed by atoms with van der Waals surface area (Å²) in [7, 11) is 0. The van der Waals surface area contributed by atoms with E-state index >= 15 is 0 Å². The summed E-state index contributed by atoms with van der Waals surface area (Å²) in [6, 6.07) is 7.99. The standard InChI is InChI=1S/C16H23BrN2O/c1-3-12-8-9-18-15(10-12)16(20)19-11(2)13-6-4-5-7-14(13)17/h4-7,11-12,15,18H,3,8-10H2,1-2H3,(H,19,20)/t11-,12?,15?/m1/s1. The van der Waals surface area contributed by atoms with Crippen LogP contribution in [0.1, 0.15) is 44.7 Å². The van der Waals surface area contributed by atoms with Gasteiger partial charge in [0.05, 0.1) is 12.1 Å². The van der Waals surface area contributed by atoms with Crippen LogP contribution in [0.5, 0.6) is 0 Å². The van der Waals surface area contributed by atoms with Crippen LogP contribution in [0.2, 0.25) is 0 Å². The van der Waals surface area contributed by atoms with Gasteiger partial charge in [-0.25, -0.2) is 0 Å². The Morgan fingerprint density at radius 1 is 1.50 bits per heavy atom. The van der Waals surface area contributed by atoms with Crippen LogP contribution in [0, 0.1) is 5.92 Å². The number of rotatable bonds is 4. The maximum Gasteiger partial charge on any atom is 0.237 e. The Hall–Kier alpha value is -0.870. The lowest BCUT2D eigenvalue weighted by Crippen LogP contribution is -2.49. The number of halogens is 1. The molecule has 110 valence electrons. The molecule has 3 atom stereocenters. The fourth-order valence-corrected chi connectivity index (χ4v) is 3.41. The molecule has 2 N–H and O–H groups in total. The van der Waals surface area contributed by atoms with Gasteiger partial charge in [-0.1, -0.05) is 47.5 Å². The molecular formula is C16H23BrN2O. The molecule has 1 heterocycles. The molecule has 1 aliphatic rings. The van der Waals surface area contributed by atoms with Crippen molar-refractivity contribution in [3.8, 4) is 0 Å². The van der Waals surface area contributed by atoms with Crippen LogP contribution < -0.4 is 10.6 Å². The lowest BCUT2D eigenvalue weighted by molar-refractivity contribution is -0.124. The largest absolute Gasteiger partial charge is 0.348 e. The molecule has 1 amide bonds. The molecule has 1 saturated heterocycles. The minimum Gasteiger partial charge on any atom is -0.348 e. The van der Waals surface area contributed by atoms with Crippen molar-refractivity contribution in [2.45, 2.75) is 45.2 Å². The van der Waals surface area contributed by atoms with Gasteiger partial charge < -0.3 is 10.6 Å². The Morgan fingerprint density at radius 3 is 2.95 bits per heavy atom. The molecule has 4 heteroatoms. The molecule has 2 rings (SSSR count). The molecule has 0 spiro atoms. The Kier molecular flexibility index (Phi) is 5.61. The first-order valence-electron chi connectivity index (χ1n) is 7.40. The monoisotopic (exact) mass is 338 g/mol. The second kappa shape index (κ2) is 7.23. The second-order valence-corrected chi connectivity index (χ2v) is 6.41. The number of hydrogen-bond donors (Lipinski definition) is 2. The van der Waals surface area contributed by atoms with Gasteiger partial charge in [0.15, 0.2) is 0 Å². The minimum absolute atomic E-state index is 0.0156. The number of benzene rings is 1. The fourth-order valence-electron chi connectivity index (χ4n) is 2.78. The van der Waals surface area contributed by atoms with Crippen LogP contribution in [0.15, 0.2) is 28.7 Å². The fraction of sp³-hybridized carbons (Fsp3) is 0.562. The first-order chi connectivity index (χ1) is 9.61. The quantitative estimate of drug-likeness (QED) is 0.883. The molecule has 0 aromatic heterocycles. The van der Waals surface area contributed by atoms with E-state index in [1.807, 2.05) is 31.2 Å². The van der Waals surface area contributed by atoms with Crippen LogP contribution >= 0.6 is 15.9 Å². The molecule has 0 aliphatic carbocycles. The van der Waals surface area contributed by atoms with E-state index in [2.05, 4.69) is 33.5 Å². The zero-order chi connectivity index (χ0) is 14.5. The topological polar surface area (TPSA) is 41.1 Å². The van der Waals surface area contributed by atoms with Gasteiger partial charge in [-0.3, -0.25) is 4.79 Å². The van der Waals surface area contributed by atoms with Crippen molar-refractivity contribution >= 4 is 21.8 Å². The van der Waals surface area contributed by atoms with E-state index in [-0.39, 0.29) is 18.0 Å². The van der Waals surface area contributed by atoms with E-state index in [1.54, 1.807) is 0 Å². The molecule has 1 aromatic carbocycles. The van der Waals surface area contributed by atoms with Gasteiger partial charge in [-0.15, -0.1) is 0 Å². The van der Waals surface area contributed by atoms with Crippen LogP contribution in [-0.4, -0.2) is 18.5 Å². The summed E-state index contributed by atoms with van der Waals surface area (Å²) >= 11 is 3.54. The summed E-state index contributed by atoms with van der Waals surface area (Å²) < 4.78 is 1.04. The summed E-state index contributed by atoms with van der Waals surface area (Å²) in [6.07, 6.45) is 3.29. The van der Waals surface area contributed by atoms with E-state index in [9.17, 15) is 4.79 Å². The van der Waals surface area contributed by atoms with Crippen molar-refractivity contribution in [2.75, 3.05) is 6.54 Å². The Morgan fingerprint density at radius 2 is 2.25 bits per heavy atom. The van der Waals surface area contributed by atoms with Crippen LogP contribution in [-0.2, 0) is 4.79 Å². The number of carbonyl (C=O) groups is 1. The van der Waals surface area contributed by atoms with Crippen molar-refractivity contribution in [1.82, 2.24) is 10.6 Å². The zero-order valence-electron chi connectivity index (χ0n) is 12.2. The van der Waals surface area contributed by atoms with Gasteiger partial charge in [0.1, 0.15) is 0 Å². The minimum atomic E-state index is -0.0429. The molecule has 1 aromatic rings. The number of amides is 1. The van der Waals surface area contributed by atoms with Crippen molar-refractivity contribution in [2.24, 2.45) is 5.92 Å². The van der Waals surface area contributed by atoms with Gasteiger partial charge in [0, 0.05) is 4.47 Å². The predicted octanol–water partition coefficient (Wildman–Crippen LogP) is 3.40. The molecule has 1 aliphatic heterocycles. The van der Waals surface area contributed by atoms with Crippen molar-refractivity contribution < 1.29 is 4.79 Å². The first kappa shape index (κ1) is 15.5. The van der Waals surface area contributed by atoms with Gasteiger partial charge in [0.25, 0.3) is 0 Å². The lowest BCUT2D eigenvalue weighted by atomic mass is 9.90. The van der Waals surface area contributed by atoms with E-state index in [1.165, 1.54) is 6.42 Å².